The number of Topliss-reactive ketones (excluding diaryl/α,β-unsaturated/α-hetero) is 1. The molecule has 2 fully saturated rings. The third-order valence-corrected chi connectivity index (χ3v) is 4.48. The Morgan fingerprint density at radius 3 is 2.67 bits per heavy atom. The predicted octanol–water partition coefficient (Wildman–Crippen LogP) is 1.74. The van der Waals surface area contributed by atoms with Crippen LogP contribution in [0, 0.1) is 22.0 Å². The molecule has 6 heteroatoms. The van der Waals surface area contributed by atoms with Crippen LogP contribution in [0.25, 0.3) is 0 Å². The second kappa shape index (κ2) is 4.95. The minimum atomic E-state index is -1.75. The Morgan fingerprint density at radius 1 is 1.33 bits per heavy atom. The highest BCUT2D eigenvalue weighted by Crippen LogP contribution is 2.50. The van der Waals surface area contributed by atoms with Crippen molar-refractivity contribution in [2.75, 3.05) is 0 Å². The largest absolute Gasteiger partial charge is 0.456 e. The number of fused-ring (bicyclic) bond motifs is 1. The SMILES string of the molecule is O=C1C2CCC(C(=O)OCc3ccccc3)([N+](=O)[O-])CC12. The number of carbonyl (C=O) groups excluding carboxylic acids is 2. The van der Waals surface area contributed by atoms with Gasteiger partial charge in [0, 0.05) is 29.6 Å². The van der Waals surface area contributed by atoms with Crippen molar-refractivity contribution in [3.63, 3.8) is 0 Å². The molecule has 3 unspecified atom stereocenters. The smallest absolute Gasteiger partial charge is 0.385 e. The van der Waals surface area contributed by atoms with Crippen LogP contribution in [0.3, 0.4) is 0 Å². The lowest BCUT2D eigenvalue weighted by molar-refractivity contribution is -0.560. The van der Waals surface area contributed by atoms with Gasteiger partial charge in [-0.25, -0.2) is 4.79 Å². The molecule has 1 aromatic carbocycles. The highest BCUT2D eigenvalue weighted by atomic mass is 16.6. The summed E-state index contributed by atoms with van der Waals surface area (Å²) in [7, 11) is 0. The molecule has 3 rings (SSSR count). The van der Waals surface area contributed by atoms with Crippen molar-refractivity contribution in [1.29, 1.82) is 0 Å². The average Bonchev–Trinajstić information content (AvgIpc) is 3.15. The number of rotatable bonds is 4. The Morgan fingerprint density at radius 2 is 2.05 bits per heavy atom. The lowest BCUT2D eigenvalue weighted by Crippen LogP contribution is -2.49. The molecule has 2 saturated carbocycles. The van der Waals surface area contributed by atoms with Gasteiger partial charge in [0.15, 0.2) is 0 Å². The molecular formula is C15H15NO5. The normalized spacial score (nSPS) is 30.4. The molecule has 0 bridgehead atoms. The number of ketones is 1. The monoisotopic (exact) mass is 289 g/mol. The fourth-order valence-electron chi connectivity index (χ4n) is 3.08. The van der Waals surface area contributed by atoms with Gasteiger partial charge in [0.2, 0.25) is 0 Å². The third kappa shape index (κ3) is 2.30. The zero-order valence-corrected chi connectivity index (χ0v) is 11.4. The van der Waals surface area contributed by atoms with Crippen LogP contribution in [-0.4, -0.2) is 22.2 Å². The summed E-state index contributed by atoms with van der Waals surface area (Å²) in [5.74, 6) is -1.17. The van der Waals surface area contributed by atoms with E-state index in [0.29, 0.717) is 6.42 Å². The average molecular weight is 289 g/mol. The van der Waals surface area contributed by atoms with Crippen LogP contribution in [-0.2, 0) is 20.9 Å². The summed E-state index contributed by atoms with van der Waals surface area (Å²) in [5, 5.41) is 11.4. The van der Waals surface area contributed by atoms with Crippen molar-refractivity contribution in [1.82, 2.24) is 0 Å². The van der Waals surface area contributed by atoms with Crippen molar-refractivity contribution < 1.29 is 19.2 Å². The van der Waals surface area contributed by atoms with E-state index in [1.54, 1.807) is 24.3 Å². The maximum Gasteiger partial charge on any atom is 0.385 e. The highest BCUT2D eigenvalue weighted by Gasteiger charge is 2.65. The molecule has 6 nitrogen and oxygen atoms in total. The van der Waals surface area contributed by atoms with Gasteiger partial charge in [0.25, 0.3) is 0 Å². The van der Waals surface area contributed by atoms with E-state index in [-0.39, 0.29) is 37.1 Å². The Bertz CT molecular complexity index is 599. The van der Waals surface area contributed by atoms with Gasteiger partial charge in [0.05, 0.1) is 0 Å². The first-order valence-electron chi connectivity index (χ1n) is 6.94. The fourth-order valence-corrected chi connectivity index (χ4v) is 3.08. The molecule has 0 saturated heterocycles. The van der Waals surface area contributed by atoms with Crippen LogP contribution in [0.4, 0.5) is 0 Å². The van der Waals surface area contributed by atoms with Crippen LogP contribution >= 0.6 is 0 Å². The number of benzene rings is 1. The van der Waals surface area contributed by atoms with Gasteiger partial charge in [-0.2, -0.15) is 0 Å². The molecule has 0 heterocycles. The maximum absolute atomic E-state index is 12.2. The van der Waals surface area contributed by atoms with E-state index in [1.807, 2.05) is 6.07 Å². The van der Waals surface area contributed by atoms with Crippen LogP contribution in [0.15, 0.2) is 30.3 Å². The van der Waals surface area contributed by atoms with E-state index >= 15 is 0 Å². The number of ether oxygens (including phenoxy) is 1. The van der Waals surface area contributed by atoms with Gasteiger partial charge in [-0.15, -0.1) is 0 Å². The molecule has 0 aliphatic heterocycles. The zero-order chi connectivity index (χ0) is 15.0. The van der Waals surface area contributed by atoms with Crippen LogP contribution in [0.1, 0.15) is 24.8 Å². The minimum Gasteiger partial charge on any atom is -0.456 e. The van der Waals surface area contributed by atoms with Gasteiger partial charge in [-0.05, 0) is 12.0 Å². The van der Waals surface area contributed by atoms with E-state index in [2.05, 4.69) is 0 Å². The van der Waals surface area contributed by atoms with Crippen molar-refractivity contribution in [2.45, 2.75) is 31.4 Å². The van der Waals surface area contributed by atoms with Gasteiger partial charge in [-0.1, -0.05) is 30.3 Å². The van der Waals surface area contributed by atoms with Crippen LogP contribution in [0.5, 0.6) is 0 Å². The first kappa shape index (κ1) is 13.7. The number of hydrogen-bond donors (Lipinski definition) is 0. The molecule has 0 radical (unpaired) electrons. The second-order valence-corrected chi connectivity index (χ2v) is 5.71. The minimum absolute atomic E-state index is 0.0112. The first-order valence-corrected chi connectivity index (χ1v) is 6.94. The molecule has 1 aromatic rings. The molecule has 0 aromatic heterocycles. The Labute approximate surface area is 121 Å². The standard InChI is InChI=1S/C15H15NO5/c17-13-11-6-7-15(16(19)20,8-12(11)13)14(18)21-9-10-4-2-1-3-5-10/h1-5,11-12H,6-9H2. The Hall–Kier alpha value is -2.24. The third-order valence-electron chi connectivity index (χ3n) is 4.48. The van der Waals surface area contributed by atoms with Gasteiger partial charge in [0.1, 0.15) is 12.4 Å². The molecule has 2 aliphatic rings. The first-order chi connectivity index (χ1) is 10.0. The molecule has 2 aliphatic carbocycles. The number of carbonyl (C=O) groups is 2. The summed E-state index contributed by atoms with van der Waals surface area (Å²) >= 11 is 0. The molecule has 0 amide bonds. The molecule has 0 N–H and O–H groups in total. The van der Waals surface area contributed by atoms with E-state index in [0.717, 1.165) is 5.56 Å². The number of esters is 1. The van der Waals surface area contributed by atoms with E-state index in [4.69, 9.17) is 4.74 Å². The van der Waals surface area contributed by atoms with Crippen LogP contribution < -0.4 is 0 Å². The molecule has 0 spiro atoms. The highest BCUT2D eigenvalue weighted by molar-refractivity contribution is 6.00. The Balaban J connectivity index is 1.71. The lowest BCUT2D eigenvalue weighted by atomic mass is 9.82. The van der Waals surface area contributed by atoms with E-state index < -0.39 is 16.4 Å². The summed E-state index contributed by atoms with van der Waals surface area (Å²) in [6.45, 7) is 0.0112. The number of hydrogen-bond acceptors (Lipinski definition) is 5. The second-order valence-electron chi connectivity index (χ2n) is 5.71. The van der Waals surface area contributed by atoms with Gasteiger partial charge >= 0.3 is 11.5 Å². The molecular weight excluding hydrogens is 274 g/mol. The summed E-state index contributed by atoms with van der Waals surface area (Å²) in [6, 6.07) is 9.02. The van der Waals surface area contributed by atoms with E-state index in [1.165, 1.54) is 0 Å². The predicted molar refractivity (Wildman–Crippen MR) is 71.8 cm³/mol. The van der Waals surface area contributed by atoms with E-state index in [9.17, 15) is 19.7 Å². The molecule has 3 atom stereocenters. The number of nitrogens with zero attached hydrogens (tertiary/aromatic N) is 1. The number of nitro groups is 1. The summed E-state index contributed by atoms with van der Waals surface area (Å²) in [4.78, 5) is 34.5. The van der Waals surface area contributed by atoms with Gasteiger partial charge in [-0.3, -0.25) is 14.9 Å². The lowest BCUT2D eigenvalue weighted by Gasteiger charge is -2.25. The topological polar surface area (TPSA) is 86.5 Å². The van der Waals surface area contributed by atoms with Crippen molar-refractivity contribution in [3.05, 3.63) is 46.0 Å². The quantitative estimate of drug-likeness (QED) is 0.478. The molecule has 110 valence electrons. The Kier molecular flexibility index (Phi) is 3.23. The summed E-state index contributed by atoms with van der Waals surface area (Å²) in [5.41, 5.74) is -0.970. The zero-order valence-electron chi connectivity index (χ0n) is 11.4. The summed E-state index contributed by atoms with van der Waals surface area (Å²) in [6.07, 6.45) is 0.475. The van der Waals surface area contributed by atoms with Crippen molar-refractivity contribution in [3.8, 4) is 0 Å². The van der Waals surface area contributed by atoms with Crippen molar-refractivity contribution >= 4 is 11.8 Å². The fraction of sp³-hybridized carbons (Fsp3) is 0.467. The van der Waals surface area contributed by atoms with Crippen molar-refractivity contribution in [2.24, 2.45) is 11.8 Å². The van der Waals surface area contributed by atoms with Gasteiger partial charge < -0.3 is 4.74 Å². The van der Waals surface area contributed by atoms with Crippen LogP contribution in [0.2, 0.25) is 0 Å². The maximum atomic E-state index is 12.2. The summed E-state index contributed by atoms with van der Waals surface area (Å²) < 4.78 is 5.14. The molecule has 21 heavy (non-hydrogen) atoms.